The van der Waals surface area contributed by atoms with E-state index in [1.807, 2.05) is 0 Å². The maximum atomic E-state index is 6.20. The van der Waals surface area contributed by atoms with Gasteiger partial charge in [0, 0.05) is 25.7 Å². The van der Waals surface area contributed by atoms with Crippen LogP contribution in [0.4, 0.5) is 0 Å². The van der Waals surface area contributed by atoms with Gasteiger partial charge in [0.1, 0.15) is 0 Å². The fraction of sp³-hybridized carbons (Fsp3) is 1.00. The van der Waals surface area contributed by atoms with Crippen molar-refractivity contribution in [1.82, 2.24) is 10.2 Å². The normalized spacial score (nSPS) is 35.1. The van der Waals surface area contributed by atoms with Crippen molar-refractivity contribution in [3.8, 4) is 0 Å². The number of likely N-dealkylation sites (N-methyl/N-ethyl adjacent to an activating group) is 2. The van der Waals surface area contributed by atoms with Crippen LogP contribution in [0.1, 0.15) is 45.4 Å². The molecule has 21 heavy (non-hydrogen) atoms. The van der Waals surface area contributed by atoms with Crippen molar-refractivity contribution in [2.75, 3.05) is 39.9 Å². The van der Waals surface area contributed by atoms with Gasteiger partial charge in [-0.05, 0) is 45.2 Å². The molecule has 3 aliphatic rings. The predicted molar refractivity (Wildman–Crippen MR) is 84.6 cm³/mol. The molecule has 3 atom stereocenters. The summed E-state index contributed by atoms with van der Waals surface area (Å²) in [4.78, 5) is 2.52. The van der Waals surface area contributed by atoms with Crippen molar-refractivity contribution in [1.29, 1.82) is 0 Å². The van der Waals surface area contributed by atoms with Gasteiger partial charge in [0.2, 0.25) is 0 Å². The average Bonchev–Trinajstić information content (AvgIpc) is 2.96. The van der Waals surface area contributed by atoms with Crippen LogP contribution in [0.5, 0.6) is 0 Å². The van der Waals surface area contributed by atoms with Crippen LogP contribution >= 0.6 is 0 Å². The fourth-order valence-electron chi connectivity index (χ4n) is 4.70. The van der Waals surface area contributed by atoms with Gasteiger partial charge in [-0.1, -0.05) is 19.8 Å². The second-order valence-electron chi connectivity index (χ2n) is 7.11. The molecule has 0 aromatic heterocycles. The van der Waals surface area contributed by atoms with Crippen LogP contribution in [0.25, 0.3) is 0 Å². The summed E-state index contributed by atoms with van der Waals surface area (Å²) in [6.45, 7) is 7.36. The SMILES string of the molecule is CCN1CCOC(C(NC)C2CCOC3(CCCC3)C2)C1. The molecule has 122 valence electrons. The number of nitrogens with one attached hydrogen (secondary N) is 1. The molecular formula is C17H32N2O2. The third-order valence-electron chi connectivity index (χ3n) is 5.91. The van der Waals surface area contributed by atoms with E-state index in [4.69, 9.17) is 9.47 Å². The minimum atomic E-state index is 0.205. The number of rotatable bonds is 4. The zero-order valence-electron chi connectivity index (χ0n) is 13.8. The summed E-state index contributed by atoms with van der Waals surface area (Å²) in [6.07, 6.45) is 7.98. The molecule has 3 unspecified atom stereocenters. The van der Waals surface area contributed by atoms with Crippen LogP contribution < -0.4 is 5.32 Å². The van der Waals surface area contributed by atoms with Gasteiger partial charge in [0.25, 0.3) is 0 Å². The molecule has 3 fully saturated rings. The quantitative estimate of drug-likeness (QED) is 0.861. The van der Waals surface area contributed by atoms with Gasteiger partial charge in [0.15, 0.2) is 0 Å². The average molecular weight is 296 g/mol. The highest BCUT2D eigenvalue weighted by Crippen LogP contribution is 2.43. The van der Waals surface area contributed by atoms with Crippen molar-refractivity contribution in [2.24, 2.45) is 5.92 Å². The van der Waals surface area contributed by atoms with Crippen LogP contribution in [0, 0.1) is 5.92 Å². The second-order valence-corrected chi connectivity index (χ2v) is 7.11. The molecular weight excluding hydrogens is 264 g/mol. The largest absolute Gasteiger partial charge is 0.375 e. The van der Waals surface area contributed by atoms with Crippen molar-refractivity contribution >= 4 is 0 Å². The molecule has 0 aromatic rings. The van der Waals surface area contributed by atoms with E-state index in [-0.39, 0.29) is 5.60 Å². The van der Waals surface area contributed by atoms with E-state index in [0.717, 1.165) is 32.8 Å². The first-order valence-electron chi connectivity index (χ1n) is 8.91. The molecule has 1 N–H and O–H groups in total. The summed E-state index contributed by atoms with van der Waals surface area (Å²) in [6, 6.07) is 0.473. The maximum absolute atomic E-state index is 6.20. The first-order valence-corrected chi connectivity index (χ1v) is 8.91. The molecule has 0 radical (unpaired) electrons. The summed E-state index contributed by atoms with van der Waals surface area (Å²) in [7, 11) is 2.11. The molecule has 0 aromatic carbocycles. The lowest BCUT2D eigenvalue weighted by molar-refractivity contribution is -0.116. The van der Waals surface area contributed by atoms with Gasteiger partial charge in [-0.3, -0.25) is 4.90 Å². The first kappa shape index (κ1) is 15.7. The van der Waals surface area contributed by atoms with Gasteiger partial charge in [-0.25, -0.2) is 0 Å². The Kier molecular flexibility index (Phi) is 5.20. The third kappa shape index (κ3) is 3.44. The number of nitrogens with zero attached hydrogens (tertiary/aromatic N) is 1. The highest BCUT2D eigenvalue weighted by molar-refractivity contribution is 4.97. The van der Waals surface area contributed by atoms with E-state index in [1.165, 1.54) is 38.5 Å². The molecule has 1 saturated carbocycles. The molecule has 1 aliphatic carbocycles. The fourth-order valence-corrected chi connectivity index (χ4v) is 4.70. The topological polar surface area (TPSA) is 33.7 Å². The highest BCUT2D eigenvalue weighted by Gasteiger charge is 2.43. The zero-order chi connectivity index (χ0) is 14.7. The summed E-state index contributed by atoms with van der Waals surface area (Å²) in [5.41, 5.74) is 0.205. The van der Waals surface area contributed by atoms with Crippen molar-refractivity contribution in [2.45, 2.75) is 63.2 Å². The molecule has 0 amide bonds. The standard InChI is InChI=1S/C17H32N2O2/c1-3-19-9-11-20-15(13-19)16(18-2)14-6-10-21-17(12-14)7-4-5-8-17/h14-16,18H,3-13H2,1-2H3. The maximum Gasteiger partial charge on any atom is 0.0857 e. The minimum absolute atomic E-state index is 0.205. The van der Waals surface area contributed by atoms with Crippen LogP contribution in [0.3, 0.4) is 0 Å². The van der Waals surface area contributed by atoms with Gasteiger partial charge in [-0.15, -0.1) is 0 Å². The van der Waals surface area contributed by atoms with E-state index in [0.29, 0.717) is 18.1 Å². The van der Waals surface area contributed by atoms with E-state index < -0.39 is 0 Å². The Morgan fingerprint density at radius 2 is 2.10 bits per heavy atom. The molecule has 1 spiro atoms. The lowest BCUT2D eigenvalue weighted by Gasteiger charge is -2.45. The smallest absolute Gasteiger partial charge is 0.0857 e. The lowest BCUT2D eigenvalue weighted by atomic mass is 9.78. The first-order chi connectivity index (χ1) is 10.3. The molecule has 2 heterocycles. The number of hydrogen-bond donors (Lipinski definition) is 1. The van der Waals surface area contributed by atoms with Crippen LogP contribution in [0.2, 0.25) is 0 Å². The number of morpholine rings is 1. The van der Waals surface area contributed by atoms with Crippen LogP contribution in [0.15, 0.2) is 0 Å². The zero-order valence-corrected chi connectivity index (χ0v) is 13.8. The van der Waals surface area contributed by atoms with Gasteiger partial charge in [0.05, 0.1) is 18.3 Å². The summed E-state index contributed by atoms with van der Waals surface area (Å²) in [5, 5.41) is 3.59. The van der Waals surface area contributed by atoms with Crippen molar-refractivity contribution in [3.05, 3.63) is 0 Å². The van der Waals surface area contributed by atoms with E-state index in [1.54, 1.807) is 0 Å². The molecule has 2 aliphatic heterocycles. The summed E-state index contributed by atoms with van der Waals surface area (Å²) in [5.74, 6) is 0.698. The van der Waals surface area contributed by atoms with Gasteiger partial charge < -0.3 is 14.8 Å². The van der Waals surface area contributed by atoms with Crippen molar-refractivity contribution in [3.63, 3.8) is 0 Å². The Labute approximate surface area is 129 Å². The predicted octanol–water partition coefficient (Wildman–Crippen LogP) is 2.03. The van der Waals surface area contributed by atoms with E-state index in [2.05, 4.69) is 24.2 Å². The Hall–Kier alpha value is -0.160. The lowest BCUT2D eigenvalue weighted by Crippen LogP contribution is -2.56. The number of ether oxygens (including phenoxy) is 2. The Balaban J connectivity index is 1.64. The van der Waals surface area contributed by atoms with E-state index in [9.17, 15) is 0 Å². The van der Waals surface area contributed by atoms with Gasteiger partial charge >= 0.3 is 0 Å². The second kappa shape index (κ2) is 6.95. The summed E-state index contributed by atoms with van der Waals surface area (Å²) >= 11 is 0. The monoisotopic (exact) mass is 296 g/mol. The van der Waals surface area contributed by atoms with Gasteiger partial charge in [-0.2, -0.15) is 0 Å². The van der Waals surface area contributed by atoms with Crippen LogP contribution in [-0.4, -0.2) is 62.5 Å². The Bertz CT molecular complexity index is 331. The molecule has 4 heteroatoms. The molecule has 0 bridgehead atoms. The Morgan fingerprint density at radius 1 is 1.29 bits per heavy atom. The summed E-state index contributed by atoms with van der Waals surface area (Å²) < 4.78 is 12.3. The Morgan fingerprint density at radius 3 is 2.81 bits per heavy atom. The molecule has 3 rings (SSSR count). The van der Waals surface area contributed by atoms with Crippen LogP contribution in [-0.2, 0) is 9.47 Å². The van der Waals surface area contributed by atoms with Crippen molar-refractivity contribution < 1.29 is 9.47 Å². The third-order valence-corrected chi connectivity index (χ3v) is 5.91. The number of hydrogen-bond acceptors (Lipinski definition) is 4. The molecule has 4 nitrogen and oxygen atoms in total. The highest BCUT2D eigenvalue weighted by atomic mass is 16.5. The molecule has 2 saturated heterocycles. The minimum Gasteiger partial charge on any atom is -0.375 e. The van der Waals surface area contributed by atoms with E-state index >= 15 is 0 Å².